The van der Waals surface area contributed by atoms with Crippen molar-refractivity contribution in [3.05, 3.63) is 140 Å². The maximum atomic E-state index is 13.9. The molecule has 1 N–H and O–H groups in total. The van der Waals surface area contributed by atoms with Crippen LogP contribution in [0.2, 0.25) is 0 Å². The average Bonchev–Trinajstić information content (AvgIpc) is 3.38. The molecule has 0 saturated heterocycles. The van der Waals surface area contributed by atoms with Gasteiger partial charge in [0.25, 0.3) is 11.5 Å². The summed E-state index contributed by atoms with van der Waals surface area (Å²) in [5, 5.41) is 7.33. The first-order valence-corrected chi connectivity index (χ1v) is 13.2. The van der Waals surface area contributed by atoms with Crippen LogP contribution in [0.25, 0.3) is 22.0 Å². The van der Waals surface area contributed by atoms with E-state index >= 15 is 0 Å². The minimum atomic E-state index is -0.334. The minimum absolute atomic E-state index is 0.187. The van der Waals surface area contributed by atoms with E-state index in [1.165, 1.54) is 0 Å². The number of hydrogen-bond acceptors (Lipinski definition) is 3. The highest BCUT2D eigenvalue weighted by Gasteiger charge is 2.36. The molecule has 0 fully saturated rings. The molecule has 1 aromatic heterocycles. The molecule has 0 bridgehead atoms. The predicted molar refractivity (Wildman–Crippen MR) is 155 cm³/mol. The number of carbonyl (C=O) groups is 1. The zero-order valence-electron chi connectivity index (χ0n) is 20.7. The quantitative estimate of drug-likeness (QED) is 0.251. The third-order valence-electron chi connectivity index (χ3n) is 7.01. The Bertz CT molecular complexity index is 1760. The number of nitrogens with one attached hydrogen (secondary N) is 1. The summed E-state index contributed by atoms with van der Waals surface area (Å²) in [6.07, 6.45) is 0.421. The summed E-state index contributed by atoms with van der Waals surface area (Å²) in [4.78, 5) is 30.6. The fourth-order valence-corrected chi connectivity index (χ4v) is 5.53. The Labute approximate surface area is 228 Å². The SMILES string of the molecule is Cc1ccccc1C(=O)N1N=C(c2c(-c3ccccc3)c3cc(Br)ccc3[nH]c2=O)CC1c1ccccc1. The van der Waals surface area contributed by atoms with Crippen LogP contribution in [-0.2, 0) is 0 Å². The smallest absolute Gasteiger partial charge is 0.274 e. The third-order valence-corrected chi connectivity index (χ3v) is 7.50. The van der Waals surface area contributed by atoms with Gasteiger partial charge in [-0.3, -0.25) is 9.59 Å². The van der Waals surface area contributed by atoms with Gasteiger partial charge in [0.15, 0.2) is 0 Å². The van der Waals surface area contributed by atoms with E-state index in [2.05, 4.69) is 20.9 Å². The van der Waals surface area contributed by atoms with Gasteiger partial charge in [0.1, 0.15) is 0 Å². The lowest BCUT2D eigenvalue weighted by atomic mass is 9.91. The molecule has 0 radical (unpaired) electrons. The van der Waals surface area contributed by atoms with Gasteiger partial charge in [-0.1, -0.05) is 94.8 Å². The molecular formula is C32H24BrN3O2. The summed E-state index contributed by atoms with van der Waals surface area (Å²) >= 11 is 3.59. The molecule has 1 aliphatic heterocycles. The van der Waals surface area contributed by atoms with E-state index in [-0.39, 0.29) is 17.5 Å². The number of rotatable bonds is 4. The predicted octanol–water partition coefficient (Wildman–Crippen LogP) is 7.26. The number of aromatic amines is 1. The fraction of sp³-hybridized carbons (Fsp3) is 0.0938. The van der Waals surface area contributed by atoms with Gasteiger partial charge >= 0.3 is 0 Å². The molecule has 5 aromatic rings. The number of halogens is 1. The number of aryl methyl sites for hydroxylation is 1. The van der Waals surface area contributed by atoms with Crippen LogP contribution >= 0.6 is 15.9 Å². The topological polar surface area (TPSA) is 65.5 Å². The molecule has 5 nitrogen and oxygen atoms in total. The molecule has 0 aliphatic carbocycles. The molecule has 38 heavy (non-hydrogen) atoms. The van der Waals surface area contributed by atoms with Gasteiger partial charge in [-0.25, -0.2) is 5.01 Å². The first kappa shape index (κ1) is 24.1. The van der Waals surface area contributed by atoms with Gasteiger partial charge in [-0.05, 0) is 47.9 Å². The van der Waals surface area contributed by atoms with Gasteiger partial charge < -0.3 is 4.98 Å². The van der Waals surface area contributed by atoms with Crippen LogP contribution in [0.15, 0.2) is 117 Å². The highest BCUT2D eigenvalue weighted by atomic mass is 79.9. The fourth-order valence-electron chi connectivity index (χ4n) is 5.17. The number of hydrazone groups is 1. The number of nitrogens with zero attached hydrogens (tertiary/aromatic N) is 2. The second-order valence-corrected chi connectivity index (χ2v) is 10.3. The minimum Gasteiger partial charge on any atom is -0.321 e. The van der Waals surface area contributed by atoms with Crippen molar-refractivity contribution >= 4 is 38.5 Å². The summed E-state index contributed by atoms with van der Waals surface area (Å²) in [5.41, 5.74) is 5.76. The van der Waals surface area contributed by atoms with Crippen molar-refractivity contribution in [2.45, 2.75) is 19.4 Å². The van der Waals surface area contributed by atoms with Crippen LogP contribution < -0.4 is 5.56 Å². The second-order valence-electron chi connectivity index (χ2n) is 9.40. The highest BCUT2D eigenvalue weighted by molar-refractivity contribution is 9.10. The van der Waals surface area contributed by atoms with Crippen molar-refractivity contribution in [1.82, 2.24) is 9.99 Å². The summed E-state index contributed by atoms with van der Waals surface area (Å²) in [7, 11) is 0. The summed E-state index contributed by atoms with van der Waals surface area (Å²) in [5.74, 6) is -0.187. The molecule has 4 aromatic carbocycles. The maximum Gasteiger partial charge on any atom is 0.274 e. The molecule has 0 saturated carbocycles. The van der Waals surface area contributed by atoms with E-state index < -0.39 is 0 Å². The number of benzene rings is 4. The number of carbonyl (C=O) groups excluding carboxylic acids is 1. The van der Waals surface area contributed by atoms with Gasteiger partial charge in [-0.2, -0.15) is 5.10 Å². The van der Waals surface area contributed by atoms with E-state index in [9.17, 15) is 9.59 Å². The largest absolute Gasteiger partial charge is 0.321 e. The van der Waals surface area contributed by atoms with Crippen LogP contribution in [0, 0.1) is 6.92 Å². The van der Waals surface area contributed by atoms with Crippen molar-refractivity contribution in [2.24, 2.45) is 5.10 Å². The summed E-state index contributed by atoms with van der Waals surface area (Å²) in [6, 6.07) is 32.7. The molecule has 1 amide bonds. The summed E-state index contributed by atoms with van der Waals surface area (Å²) < 4.78 is 0.909. The van der Waals surface area contributed by atoms with E-state index in [0.29, 0.717) is 23.3 Å². The van der Waals surface area contributed by atoms with Crippen molar-refractivity contribution < 1.29 is 4.79 Å². The van der Waals surface area contributed by atoms with Crippen molar-refractivity contribution in [1.29, 1.82) is 0 Å². The molecule has 1 aliphatic rings. The number of amides is 1. The Balaban J connectivity index is 1.58. The molecule has 2 heterocycles. The molecule has 1 atom stereocenters. The molecular weight excluding hydrogens is 538 g/mol. The standard InChI is InChI=1S/C32H24BrN3O2/c1-20-10-8-9-15-24(20)32(38)36-28(21-11-4-2-5-12-21)19-27(35-36)30-29(22-13-6-3-7-14-22)25-18-23(33)16-17-26(25)34-31(30)37/h2-18,28H,19H2,1H3,(H,34,37). The van der Waals surface area contributed by atoms with Gasteiger partial charge in [0.05, 0.1) is 17.3 Å². The average molecular weight is 562 g/mol. The van der Waals surface area contributed by atoms with E-state index in [1.54, 1.807) is 5.01 Å². The third kappa shape index (κ3) is 4.27. The Hall–Kier alpha value is -4.29. The molecule has 186 valence electrons. The Morgan fingerprint density at radius 3 is 2.32 bits per heavy atom. The summed E-state index contributed by atoms with van der Waals surface area (Å²) in [6.45, 7) is 1.92. The van der Waals surface area contributed by atoms with Crippen molar-refractivity contribution in [2.75, 3.05) is 0 Å². The molecule has 0 spiro atoms. The lowest BCUT2D eigenvalue weighted by Crippen LogP contribution is -2.27. The van der Waals surface area contributed by atoms with Gasteiger partial charge in [-0.15, -0.1) is 0 Å². The van der Waals surface area contributed by atoms with E-state index in [0.717, 1.165) is 37.6 Å². The van der Waals surface area contributed by atoms with Gasteiger partial charge in [0.2, 0.25) is 0 Å². The normalized spacial score (nSPS) is 15.1. The number of pyridine rings is 1. The van der Waals surface area contributed by atoms with Crippen LogP contribution in [-0.4, -0.2) is 21.6 Å². The number of aromatic nitrogens is 1. The Kier molecular flexibility index (Phi) is 6.26. The Morgan fingerprint density at radius 2 is 1.58 bits per heavy atom. The van der Waals surface area contributed by atoms with Crippen molar-refractivity contribution in [3.8, 4) is 11.1 Å². The van der Waals surface area contributed by atoms with E-state index in [4.69, 9.17) is 5.10 Å². The highest BCUT2D eigenvalue weighted by Crippen LogP contribution is 2.38. The number of hydrogen-bond donors (Lipinski definition) is 1. The van der Waals surface area contributed by atoms with Gasteiger partial charge in [0, 0.05) is 32.9 Å². The lowest BCUT2D eigenvalue weighted by molar-refractivity contribution is 0.0710. The Morgan fingerprint density at radius 1 is 0.895 bits per heavy atom. The monoisotopic (exact) mass is 561 g/mol. The van der Waals surface area contributed by atoms with Crippen LogP contribution in [0.3, 0.4) is 0 Å². The second kappa shape index (κ2) is 9.88. The van der Waals surface area contributed by atoms with Crippen molar-refractivity contribution in [3.63, 3.8) is 0 Å². The molecule has 6 heteroatoms. The zero-order valence-corrected chi connectivity index (χ0v) is 22.3. The van der Waals surface area contributed by atoms with Crippen LogP contribution in [0.1, 0.15) is 39.5 Å². The van der Waals surface area contributed by atoms with Crippen LogP contribution in [0.4, 0.5) is 0 Å². The maximum absolute atomic E-state index is 13.9. The molecule has 6 rings (SSSR count). The van der Waals surface area contributed by atoms with E-state index in [1.807, 2.05) is 110 Å². The first-order chi connectivity index (χ1) is 18.5. The van der Waals surface area contributed by atoms with Crippen LogP contribution in [0.5, 0.6) is 0 Å². The first-order valence-electron chi connectivity index (χ1n) is 12.4. The lowest BCUT2D eigenvalue weighted by Gasteiger charge is -2.22. The zero-order chi connectivity index (χ0) is 26.2. The number of H-pyrrole nitrogens is 1. The molecule has 1 unspecified atom stereocenters. The number of fused-ring (bicyclic) bond motifs is 1.